The average molecular weight is 318 g/mol. The Morgan fingerprint density at radius 1 is 1.27 bits per heavy atom. The summed E-state index contributed by atoms with van der Waals surface area (Å²) < 4.78 is 12.9. The van der Waals surface area contributed by atoms with Crippen LogP contribution in [0.25, 0.3) is 0 Å². The van der Waals surface area contributed by atoms with Gasteiger partial charge in [-0.15, -0.1) is 11.3 Å². The summed E-state index contributed by atoms with van der Waals surface area (Å²) in [5.41, 5.74) is 3.09. The Morgan fingerprint density at radius 2 is 2.05 bits per heavy atom. The van der Waals surface area contributed by atoms with Crippen LogP contribution in [0.1, 0.15) is 23.3 Å². The molecule has 1 N–H and O–H groups in total. The fourth-order valence-corrected chi connectivity index (χ4v) is 3.49. The lowest BCUT2D eigenvalue weighted by molar-refractivity contribution is -0.115. The van der Waals surface area contributed by atoms with Gasteiger partial charge in [-0.05, 0) is 55.7 Å². The summed E-state index contributed by atoms with van der Waals surface area (Å²) in [6.45, 7) is 4.21. The van der Waals surface area contributed by atoms with Crippen LogP contribution in [0.4, 0.5) is 15.8 Å². The van der Waals surface area contributed by atoms with E-state index in [2.05, 4.69) is 22.3 Å². The minimum absolute atomic E-state index is 0.112. The van der Waals surface area contributed by atoms with Crippen molar-refractivity contribution in [1.29, 1.82) is 0 Å². The predicted octanol–water partition coefficient (Wildman–Crippen LogP) is 3.98. The van der Waals surface area contributed by atoms with Crippen LogP contribution in [0, 0.1) is 12.1 Å². The largest absolute Gasteiger partial charge is 0.372 e. The third-order valence-electron chi connectivity index (χ3n) is 3.92. The number of hydrogen-bond donors (Lipinski definition) is 1. The van der Waals surface area contributed by atoms with Gasteiger partial charge in [0.1, 0.15) is 0 Å². The highest BCUT2D eigenvalue weighted by molar-refractivity contribution is 7.10. The molecule has 1 amide bonds. The van der Waals surface area contributed by atoms with Crippen molar-refractivity contribution in [2.75, 3.05) is 23.3 Å². The monoisotopic (exact) mass is 318 g/mol. The van der Waals surface area contributed by atoms with E-state index in [9.17, 15) is 9.18 Å². The van der Waals surface area contributed by atoms with E-state index in [-0.39, 0.29) is 17.5 Å². The fourth-order valence-electron chi connectivity index (χ4n) is 2.76. The van der Waals surface area contributed by atoms with Gasteiger partial charge in [0.25, 0.3) is 0 Å². The standard InChI is InChI=1S/C17H19FN2OS/c1-12-10-13(20-8-2-3-9-20)4-6-15(12)19-17(21)11-14-5-7-16(18)22-14/h4-7,10H,2-3,8-9,11H2,1H3,(H,19,21). The molecule has 0 bridgehead atoms. The zero-order chi connectivity index (χ0) is 15.5. The Hall–Kier alpha value is -1.88. The Morgan fingerprint density at radius 3 is 2.68 bits per heavy atom. The number of carbonyl (C=O) groups excluding carboxylic acids is 1. The average Bonchev–Trinajstić information content (AvgIpc) is 3.13. The predicted molar refractivity (Wildman–Crippen MR) is 89.2 cm³/mol. The summed E-state index contributed by atoms with van der Waals surface area (Å²) in [4.78, 5) is 15.2. The smallest absolute Gasteiger partial charge is 0.229 e. The van der Waals surface area contributed by atoms with Crippen molar-refractivity contribution in [3.63, 3.8) is 0 Å². The van der Waals surface area contributed by atoms with Crippen LogP contribution in [-0.2, 0) is 11.2 Å². The maximum atomic E-state index is 12.9. The highest BCUT2D eigenvalue weighted by Gasteiger charge is 2.14. The molecule has 0 atom stereocenters. The summed E-state index contributed by atoms with van der Waals surface area (Å²) in [5.74, 6) is -0.112. The number of aryl methyl sites for hydroxylation is 1. The SMILES string of the molecule is Cc1cc(N2CCCC2)ccc1NC(=O)Cc1ccc(F)s1. The number of amides is 1. The van der Waals surface area contributed by atoms with E-state index in [4.69, 9.17) is 0 Å². The van der Waals surface area contributed by atoms with Crippen LogP contribution in [0.15, 0.2) is 30.3 Å². The molecule has 2 heterocycles. The van der Waals surface area contributed by atoms with E-state index in [1.807, 2.05) is 13.0 Å². The summed E-state index contributed by atoms with van der Waals surface area (Å²) in [6, 6.07) is 9.17. The number of anilines is 2. The number of halogens is 1. The Bertz CT molecular complexity index is 677. The number of nitrogens with one attached hydrogen (secondary N) is 1. The van der Waals surface area contributed by atoms with E-state index in [1.54, 1.807) is 6.07 Å². The van der Waals surface area contributed by atoms with Gasteiger partial charge in [-0.2, -0.15) is 4.39 Å². The molecule has 0 saturated carbocycles. The molecule has 1 aliphatic heterocycles. The van der Waals surface area contributed by atoms with Crippen LogP contribution in [0.2, 0.25) is 0 Å². The van der Waals surface area contributed by atoms with Crippen LogP contribution >= 0.6 is 11.3 Å². The van der Waals surface area contributed by atoms with Gasteiger partial charge in [0.05, 0.1) is 6.42 Å². The van der Waals surface area contributed by atoms with E-state index >= 15 is 0 Å². The van der Waals surface area contributed by atoms with Gasteiger partial charge >= 0.3 is 0 Å². The molecule has 1 aromatic heterocycles. The quantitative estimate of drug-likeness (QED) is 0.925. The van der Waals surface area contributed by atoms with Gasteiger partial charge in [0.15, 0.2) is 5.13 Å². The number of hydrogen-bond acceptors (Lipinski definition) is 3. The Labute approximate surface area is 133 Å². The molecule has 1 aromatic carbocycles. The van der Waals surface area contributed by atoms with Crippen LogP contribution < -0.4 is 10.2 Å². The van der Waals surface area contributed by atoms with Crippen LogP contribution in [0.5, 0.6) is 0 Å². The summed E-state index contributed by atoms with van der Waals surface area (Å²) in [7, 11) is 0. The van der Waals surface area contributed by atoms with Gasteiger partial charge in [-0.3, -0.25) is 4.79 Å². The molecule has 1 fully saturated rings. The fraction of sp³-hybridized carbons (Fsp3) is 0.353. The first-order valence-corrected chi connectivity index (χ1v) is 8.33. The number of carbonyl (C=O) groups is 1. The highest BCUT2D eigenvalue weighted by atomic mass is 32.1. The Balaban J connectivity index is 1.65. The van der Waals surface area contributed by atoms with Gasteiger partial charge < -0.3 is 10.2 Å². The number of benzene rings is 1. The van der Waals surface area contributed by atoms with E-state index in [0.29, 0.717) is 0 Å². The van der Waals surface area contributed by atoms with Gasteiger partial charge in [-0.25, -0.2) is 0 Å². The highest BCUT2D eigenvalue weighted by Crippen LogP contribution is 2.25. The van der Waals surface area contributed by atoms with E-state index in [1.165, 1.54) is 24.6 Å². The maximum absolute atomic E-state index is 12.9. The zero-order valence-corrected chi connectivity index (χ0v) is 13.4. The molecule has 0 radical (unpaired) electrons. The van der Waals surface area contributed by atoms with Crippen molar-refractivity contribution in [3.8, 4) is 0 Å². The molecule has 0 aliphatic carbocycles. The van der Waals surface area contributed by atoms with Crippen molar-refractivity contribution in [2.24, 2.45) is 0 Å². The molecule has 5 heteroatoms. The molecule has 22 heavy (non-hydrogen) atoms. The third kappa shape index (κ3) is 3.47. The van der Waals surface area contributed by atoms with Crippen molar-refractivity contribution in [3.05, 3.63) is 45.9 Å². The second kappa shape index (κ2) is 6.48. The van der Waals surface area contributed by atoms with Gasteiger partial charge in [0, 0.05) is 29.3 Å². The molecular formula is C17H19FN2OS. The van der Waals surface area contributed by atoms with Crippen molar-refractivity contribution < 1.29 is 9.18 Å². The molecule has 3 rings (SSSR count). The second-order valence-electron chi connectivity index (χ2n) is 5.62. The van der Waals surface area contributed by atoms with Crippen molar-refractivity contribution >= 4 is 28.6 Å². The zero-order valence-electron chi connectivity index (χ0n) is 12.6. The third-order valence-corrected chi connectivity index (χ3v) is 4.79. The molecule has 1 aliphatic rings. The second-order valence-corrected chi connectivity index (χ2v) is 6.74. The van der Waals surface area contributed by atoms with E-state index < -0.39 is 0 Å². The number of nitrogens with zero attached hydrogens (tertiary/aromatic N) is 1. The lowest BCUT2D eigenvalue weighted by Crippen LogP contribution is -2.18. The first-order valence-electron chi connectivity index (χ1n) is 7.51. The lowest BCUT2D eigenvalue weighted by Gasteiger charge is -2.19. The number of thiophene rings is 1. The van der Waals surface area contributed by atoms with Crippen molar-refractivity contribution in [2.45, 2.75) is 26.2 Å². The first kappa shape index (κ1) is 15.0. The topological polar surface area (TPSA) is 32.3 Å². The minimum Gasteiger partial charge on any atom is -0.372 e. The van der Waals surface area contributed by atoms with Gasteiger partial charge in [-0.1, -0.05) is 0 Å². The molecule has 3 nitrogen and oxygen atoms in total. The summed E-state index contributed by atoms with van der Waals surface area (Å²) in [5, 5.41) is 2.66. The number of rotatable bonds is 4. The molecule has 116 valence electrons. The molecule has 0 spiro atoms. The molecule has 2 aromatic rings. The lowest BCUT2D eigenvalue weighted by atomic mass is 10.1. The molecular weight excluding hydrogens is 299 g/mol. The van der Waals surface area contributed by atoms with Crippen molar-refractivity contribution in [1.82, 2.24) is 0 Å². The molecule has 0 unspecified atom stereocenters. The molecule has 1 saturated heterocycles. The summed E-state index contributed by atoms with van der Waals surface area (Å²) in [6.07, 6.45) is 2.70. The minimum atomic E-state index is -0.256. The normalized spacial score (nSPS) is 14.4. The van der Waals surface area contributed by atoms with Gasteiger partial charge in [0.2, 0.25) is 5.91 Å². The van der Waals surface area contributed by atoms with Crippen LogP contribution in [-0.4, -0.2) is 19.0 Å². The van der Waals surface area contributed by atoms with E-state index in [0.717, 1.165) is 40.6 Å². The maximum Gasteiger partial charge on any atom is 0.229 e. The summed E-state index contributed by atoms with van der Waals surface area (Å²) >= 11 is 1.02. The Kier molecular flexibility index (Phi) is 4.43. The van der Waals surface area contributed by atoms with Crippen LogP contribution in [0.3, 0.4) is 0 Å². The first-order chi connectivity index (χ1) is 10.6.